The van der Waals surface area contributed by atoms with Gasteiger partial charge in [0.2, 0.25) is 0 Å². The third-order valence-electron chi connectivity index (χ3n) is 6.30. The van der Waals surface area contributed by atoms with Gasteiger partial charge in [-0.25, -0.2) is 4.79 Å². The van der Waals surface area contributed by atoms with Gasteiger partial charge in [0.25, 0.3) is 0 Å². The zero-order valence-corrected chi connectivity index (χ0v) is 20.7. The van der Waals surface area contributed by atoms with Crippen LogP contribution in [0.15, 0.2) is 90.0 Å². The van der Waals surface area contributed by atoms with Crippen LogP contribution in [0.4, 0.5) is 10.5 Å². The fourth-order valence-corrected chi connectivity index (χ4v) is 4.98. The summed E-state index contributed by atoms with van der Waals surface area (Å²) in [6.07, 6.45) is 4.12. The molecule has 0 radical (unpaired) electrons. The lowest BCUT2D eigenvalue weighted by molar-refractivity contribution is 0.194. The lowest BCUT2D eigenvalue weighted by Gasteiger charge is -2.31. The van der Waals surface area contributed by atoms with E-state index >= 15 is 0 Å². The molecule has 5 rings (SSSR count). The van der Waals surface area contributed by atoms with Crippen LogP contribution in [-0.4, -0.2) is 36.0 Å². The van der Waals surface area contributed by atoms with E-state index in [1.807, 2.05) is 23.1 Å². The number of rotatable bonds is 5. The number of nitrogens with one attached hydrogen (secondary N) is 1. The molecule has 0 fully saturated rings. The second-order valence-corrected chi connectivity index (χ2v) is 9.11. The first-order valence-electron chi connectivity index (χ1n) is 11.3. The van der Waals surface area contributed by atoms with Gasteiger partial charge in [-0.2, -0.15) is 0 Å². The molecule has 2 amide bonds. The number of carbonyl (C=O) groups is 1. The molecule has 3 aromatic carbocycles. The van der Waals surface area contributed by atoms with Crippen molar-refractivity contribution in [3.63, 3.8) is 0 Å². The summed E-state index contributed by atoms with van der Waals surface area (Å²) in [5, 5.41) is 3.08. The Bertz CT molecular complexity index is 1350. The van der Waals surface area contributed by atoms with Gasteiger partial charge in [-0.05, 0) is 59.8 Å². The van der Waals surface area contributed by atoms with E-state index in [0.717, 1.165) is 22.5 Å². The van der Waals surface area contributed by atoms with Gasteiger partial charge < -0.3 is 24.3 Å². The first-order valence-corrected chi connectivity index (χ1v) is 12.5. The number of hydrogen-bond acceptors (Lipinski definition) is 4. The highest BCUT2D eigenvalue weighted by atomic mass is 32.2. The fourth-order valence-electron chi connectivity index (χ4n) is 4.58. The number of methoxy groups -OCH3 is 2. The van der Waals surface area contributed by atoms with Gasteiger partial charge in [0.15, 0.2) is 0 Å². The predicted octanol–water partition coefficient (Wildman–Crippen LogP) is 6.35. The van der Waals surface area contributed by atoms with Gasteiger partial charge in [0.05, 0.1) is 38.2 Å². The minimum atomic E-state index is -0.287. The first kappa shape index (κ1) is 22.9. The van der Waals surface area contributed by atoms with Crippen molar-refractivity contribution in [3.05, 3.63) is 102 Å². The van der Waals surface area contributed by atoms with Gasteiger partial charge in [0.1, 0.15) is 11.5 Å². The molecule has 1 aliphatic heterocycles. The average Bonchev–Trinajstić information content (AvgIpc) is 3.33. The Kier molecular flexibility index (Phi) is 6.42. The second kappa shape index (κ2) is 9.80. The zero-order chi connectivity index (χ0) is 24.4. The Labute approximate surface area is 209 Å². The zero-order valence-electron chi connectivity index (χ0n) is 19.9. The molecule has 1 aliphatic rings. The standard InChI is InChI=1S/C28H27N3O3S/c1-33-21-12-15-26(34-2)23(17-21)29-28(32)31-18-20-7-4-5-8-24(20)30-16-6-9-25(30)27(31)19-10-13-22(35-3)14-11-19/h4-17,27H,18H2,1-3H3,(H,29,32)/t27-/m0/s1. The summed E-state index contributed by atoms with van der Waals surface area (Å²) in [6.45, 7) is 0.449. The molecule has 1 atom stereocenters. The largest absolute Gasteiger partial charge is 0.497 e. The van der Waals surface area contributed by atoms with Crippen molar-refractivity contribution in [3.8, 4) is 17.2 Å². The van der Waals surface area contributed by atoms with Crippen molar-refractivity contribution in [2.75, 3.05) is 25.8 Å². The molecular weight excluding hydrogens is 458 g/mol. The van der Waals surface area contributed by atoms with E-state index in [0.29, 0.717) is 23.7 Å². The maximum atomic E-state index is 13.9. The summed E-state index contributed by atoms with van der Waals surface area (Å²) in [5.41, 5.74) is 4.78. The van der Waals surface area contributed by atoms with E-state index in [4.69, 9.17) is 9.47 Å². The van der Waals surface area contributed by atoms with Crippen LogP contribution in [0.1, 0.15) is 22.9 Å². The van der Waals surface area contributed by atoms with Crippen molar-refractivity contribution < 1.29 is 14.3 Å². The van der Waals surface area contributed by atoms with Crippen molar-refractivity contribution in [1.29, 1.82) is 0 Å². The summed E-state index contributed by atoms with van der Waals surface area (Å²) in [5.74, 6) is 1.21. The maximum absolute atomic E-state index is 13.9. The number of aromatic nitrogens is 1. The molecule has 0 unspecified atom stereocenters. The molecule has 0 bridgehead atoms. The van der Waals surface area contributed by atoms with E-state index in [1.165, 1.54) is 4.90 Å². The Hall–Kier alpha value is -3.84. The SMILES string of the molecule is COc1ccc(OC)c(NC(=O)N2Cc3ccccc3-n3cccc3[C@@H]2c2ccc(SC)cc2)c1. The van der Waals surface area contributed by atoms with E-state index < -0.39 is 0 Å². The van der Waals surface area contributed by atoms with Gasteiger partial charge >= 0.3 is 6.03 Å². The van der Waals surface area contributed by atoms with Crippen LogP contribution in [0.3, 0.4) is 0 Å². The van der Waals surface area contributed by atoms with Crippen LogP contribution in [0.2, 0.25) is 0 Å². The number of fused-ring (bicyclic) bond motifs is 3. The second-order valence-electron chi connectivity index (χ2n) is 8.23. The number of hydrogen-bond donors (Lipinski definition) is 1. The summed E-state index contributed by atoms with van der Waals surface area (Å²) >= 11 is 1.70. The molecule has 0 saturated heterocycles. The summed E-state index contributed by atoms with van der Waals surface area (Å²) in [7, 11) is 3.18. The third kappa shape index (κ3) is 4.35. The highest BCUT2D eigenvalue weighted by Crippen LogP contribution is 2.38. The molecule has 1 aromatic heterocycles. The van der Waals surface area contributed by atoms with E-state index in [1.54, 1.807) is 44.2 Å². The minimum Gasteiger partial charge on any atom is -0.497 e. The van der Waals surface area contributed by atoms with Crippen molar-refractivity contribution in [2.45, 2.75) is 17.5 Å². The number of nitrogens with zero attached hydrogens (tertiary/aromatic N) is 2. The quantitative estimate of drug-likeness (QED) is 0.335. The monoisotopic (exact) mass is 485 g/mol. The highest BCUT2D eigenvalue weighted by Gasteiger charge is 2.33. The van der Waals surface area contributed by atoms with Crippen molar-refractivity contribution in [2.24, 2.45) is 0 Å². The molecule has 0 spiro atoms. The Morgan fingerprint density at radius 1 is 0.971 bits per heavy atom. The minimum absolute atomic E-state index is 0.222. The number of anilines is 1. The molecular formula is C28H27N3O3S. The topological polar surface area (TPSA) is 55.7 Å². The smallest absolute Gasteiger partial charge is 0.323 e. The number of para-hydroxylation sites is 1. The van der Waals surface area contributed by atoms with Crippen LogP contribution >= 0.6 is 11.8 Å². The predicted molar refractivity (Wildman–Crippen MR) is 140 cm³/mol. The Morgan fingerprint density at radius 3 is 2.51 bits per heavy atom. The van der Waals surface area contributed by atoms with Gasteiger partial charge in [-0.1, -0.05) is 30.3 Å². The number of benzene rings is 3. The summed E-state index contributed by atoms with van der Waals surface area (Å²) in [6, 6.07) is 25.6. The molecule has 4 aromatic rings. The van der Waals surface area contributed by atoms with E-state index in [9.17, 15) is 4.79 Å². The highest BCUT2D eigenvalue weighted by molar-refractivity contribution is 7.98. The molecule has 178 valence electrons. The van der Waals surface area contributed by atoms with Crippen LogP contribution in [0, 0.1) is 0 Å². The molecule has 7 heteroatoms. The number of amides is 2. The van der Waals surface area contributed by atoms with Crippen LogP contribution in [0.25, 0.3) is 5.69 Å². The van der Waals surface area contributed by atoms with Gasteiger partial charge in [0, 0.05) is 22.9 Å². The average molecular weight is 486 g/mol. The van der Waals surface area contributed by atoms with Gasteiger partial charge in [-0.15, -0.1) is 11.8 Å². The third-order valence-corrected chi connectivity index (χ3v) is 7.05. The van der Waals surface area contributed by atoms with Crippen LogP contribution in [-0.2, 0) is 6.54 Å². The normalized spacial score (nSPS) is 14.5. The number of ether oxygens (including phenoxy) is 2. The molecule has 0 saturated carbocycles. The maximum Gasteiger partial charge on any atom is 0.323 e. The number of carbonyl (C=O) groups excluding carboxylic acids is 1. The lowest BCUT2D eigenvalue weighted by atomic mass is 10.0. The molecule has 6 nitrogen and oxygen atoms in total. The molecule has 2 heterocycles. The Morgan fingerprint density at radius 2 is 1.77 bits per heavy atom. The fraction of sp³-hybridized carbons (Fsp3) is 0.179. The first-order chi connectivity index (χ1) is 17.1. The number of thioether (sulfide) groups is 1. The lowest BCUT2D eigenvalue weighted by Crippen LogP contribution is -2.38. The van der Waals surface area contributed by atoms with E-state index in [2.05, 4.69) is 64.8 Å². The van der Waals surface area contributed by atoms with Gasteiger partial charge in [-0.3, -0.25) is 0 Å². The van der Waals surface area contributed by atoms with Crippen LogP contribution < -0.4 is 14.8 Å². The van der Waals surface area contributed by atoms with Crippen LogP contribution in [0.5, 0.6) is 11.5 Å². The molecule has 0 aliphatic carbocycles. The summed E-state index contributed by atoms with van der Waals surface area (Å²) in [4.78, 5) is 17.0. The van der Waals surface area contributed by atoms with Crippen molar-refractivity contribution in [1.82, 2.24) is 9.47 Å². The number of urea groups is 1. The van der Waals surface area contributed by atoms with E-state index in [-0.39, 0.29) is 12.1 Å². The molecule has 1 N–H and O–H groups in total. The Balaban J connectivity index is 1.61. The summed E-state index contributed by atoms with van der Waals surface area (Å²) < 4.78 is 13.1. The van der Waals surface area contributed by atoms with Crippen molar-refractivity contribution >= 4 is 23.5 Å². The molecule has 35 heavy (non-hydrogen) atoms.